The molecular weight excluding hydrogens is 911 g/mol. The summed E-state index contributed by atoms with van der Waals surface area (Å²) in [4.78, 5) is 24.6. The van der Waals surface area contributed by atoms with E-state index in [1.54, 1.807) is 0 Å². The van der Waals surface area contributed by atoms with Crippen LogP contribution < -0.4 is 5.32 Å². The predicted octanol–water partition coefficient (Wildman–Crippen LogP) is 20.9. The third-order valence-corrected chi connectivity index (χ3v) is 15.1. The summed E-state index contributed by atoms with van der Waals surface area (Å²) in [6.07, 6.45) is 81.3. The molecule has 0 aliphatic rings. The summed E-state index contributed by atoms with van der Waals surface area (Å²) in [6.45, 7) is 4.90. The van der Waals surface area contributed by atoms with Crippen LogP contribution in [-0.4, -0.2) is 47.4 Å². The third kappa shape index (κ3) is 59.1. The Morgan fingerprint density at radius 1 is 0.378 bits per heavy atom. The molecule has 74 heavy (non-hydrogen) atoms. The van der Waals surface area contributed by atoms with Crippen LogP contribution in [0.4, 0.5) is 0 Å². The lowest BCUT2D eigenvalue weighted by Crippen LogP contribution is -2.45. The van der Waals surface area contributed by atoms with Crippen LogP contribution in [0.25, 0.3) is 0 Å². The highest BCUT2D eigenvalue weighted by molar-refractivity contribution is 5.76. The van der Waals surface area contributed by atoms with E-state index < -0.39 is 12.1 Å². The molecule has 0 aliphatic heterocycles. The summed E-state index contributed by atoms with van der Waals surface area (Å²) in [5.74, 6) is -0.0676. The molecule has 0 aromatic carbocycles. The molecule has 3 N–H and O–H groups in total. The fraction of sp³-hybridized carbons (Fsp3) is 0.853. The first kappa shape index (κ1) is 71.8. The van der Waals surface area contributed by atoms with Gasteiger partial charge in [0, 0.05) is 12.8 Å². The molecule has 0 rings (SSSR count). The number of hydrogen-bond donors (Lipinski definition) is 3. The molecule has 6 nitrogen and oxygen atoms in total. The second-order valence-electron chi connectivity index (χ2n) is 22.4. The molecule has 2 unspecified atom stereocenters. The van der Waals surface area contributed by atoms with Crippen molar-refractivity contribution in [2.24, 2.45) is 0 Å². The Morgan fingerprint density at radius 2 is 0.676 bits per heavy atom. The van der Waals surface area contributed by atoms with Crippen LogP contribution in [0.5, 0.6) is 0 Å². The van der Waals surface area contributed by atoms with E-state index in [4.69, 9.17) is 4.74 Å². The summed E-state index contributed by atoms with van der Waals surface area (Å²) in [7, 11) is 0. The normalized spacial score (nSPS) is 12.9. The van der Waals surface area contributed by atoms with E-state index in [1.165, 1.54) is 225 Å². The highest BCUT2D eigenvalue weighted by atomic mass is 16.5. The number of aliphatic hydroxyl groups excluding tert-OH is 2. The fourth-order valence-corrected chi connectivity index (χ4v) is 10.1. The number of allylic oxidation sites excluding steroid dienone is 8. The molecule has 0 spiro atoms. The average Bonchev–Trinajstić information content (AvgIpc) is 3.40. The quantitative estimate of drug-likeness (QED) is 0.0320. The number of unbranched alkanes of at least 4 members (excludes halogenated alkanes) is 42. The number of aliphatic hydroxyl groups is 2. The number of esters is 1. The number of rotatable bonds is 61. The van der Waals surface area contributed by atoms with Gasteiger partial charge in [0.2, 0.25) is 5.91 Å². The van der Waals surface area contributed by atoms with Crippen LogP contribution in [0.3, 0.4) is 0 Å². The largest absolute Gasteiger partial charge is 0.466 e. The molecule has 1 amide bonds. The molecular formula is C68H127NO5. The number of amides is 1. The van der Waals surface area contributed by atoms with E-state index in [1.807, 2.05) is 0 Å². The van der Waals surface area contributed by atoms with Gasteiger partial charge in [-0.1, -0.05) is 287 Å². The van der Waals surface area contributed by atoms with Gasteiger partial charge >= 0.3 is 5.97 Å². The first-order chi connectivity index (χ1) is 36.5. The first-order valence-corrected chi connectivity index (χ1v) is 32.9. The lowest BCUT2D eigenvalue weighted by atomic mass is 10.0. The molecule has 0 saturated carbocycles. The van der Waals surface area contributed by atoms with E-state index in [2.05, 4.69) is 67.8 Å². The van der Waals surface area contributed by atoms with E-state index in [-0.39, 0.29) is 18.5 Å². The zero-order chi connectivity index (χ0) is 53.6. The van der Waals surface area contributed by atoms with Crippen LogP contribution in [0.1, 0.15) is 348 Å². The van der Waals surface area contributed by atoms with Gasteiger partial charge in [0.05, 0.1) is 25.4 Å². The van der Waals surface area contributed by atoms with Crippen LogP contribution in [0, 0.1) is 0 Å². The van der Waals surface area contributed by atoms with Crippen molar-refractivity contribution in [2.45, 2.75) is 360 Å². The van der Waals surface area contributed by atoms with Gasteiger partial charge in [-0.25, -0.2) is 0 Å². The molecule has 0 fully saturated rings. The SMILES string of the molecule is CCCCC/C=C\C/C=C\CCCCCCCCCCCC(=O)OCCCCC/C=C\C/C=C\CCCCCCCCCC(=O)NC(CO)C(O)CCCCCCCCCCCCCCCCCCCCCCC. The lowest BCUT2D eigenvalue weighted by molar-refractivity contribution is -0.143. The summed E-state index contributed by atoms with van der Waals surface area (Å²) in [5.41, 5.74) is 0. The Labute approximate surface area is 461 Å². The summed E-state index contributed by atoms with van der Waals surface area (Å²) >= 11 is 0. The molecule has 0 aromatic heterocycles. The second kappa shape index (κ2) is 63.4. The zero-order valence-corrected chi connectivity index (χ0v) is 49.6. The highest BCUT2D eigenvalue weighted by Gasteiger charge is 2.20. The Balaban J connectivity index is 3.48. The topological polar surface area (TPSA) is 95.9 Å². The van der Waals surface area contributed by atoms with E-state index in [9.17, 15) is 19.8 Å². The Kier molecular flexibility index (Phi) is 61.5. The maximum absolute atomic E-state index is 12.5. The Morgan fingerprint density at radius 3 is 1.05 bits per heavy atom. The molecule has 434 valence electrons. The van der Waals surface area contributed by atoms with Crippen LogP contribution in [0.15, 0.2) is 48.6 Å². The minimum absolute atomic E-state index is 0.0189. The molecule has 0 heterocycles. The number of hydrogen-bond acceptors (Lipinski definition) is 5. The van der Waals surface area contributed by atoms with Crippen LogP contribution in [-0.2, 0) is 14.3 Å². The van der Waals surface area contributed by atoms with E-state index in [0.717, 1.165) is 89.9 Å². The first-order valence-electron chi connectivity index (χ1n) is 32.9. The van der Waals surface area contributed by atoms with E-state index in [0.29, 0.717) is 25.9 Å². The fourth-order valence-electron chi connectivity index (χ4n) is 10.1. The smallest absolute Gasteiger partial charge is 0.305 e. The minimum Gasteiger partial charge on any atom is -0.466 e. The monoisotopic (exact) mass is 1040 g/mol. The van der Waals surface area contributed by atoms with Gasteiger partial charge in [0.1, 0.15) is 0 Å². The van der Waals surface area contributed by atoms with Crippen molar-refractivity contribution < 1.29 is 24.5 Å². The molecule has 0 aliphatic carbocycles. The van der Waals surface area contributed by atoms with Gasteiger partial charge < -0.3 is 20.3 Å². The number of carbonyl (C=O) groups excluding carboxylic acids is 2. The van der Waals surface area contributed by atoms with Crippen molar-refractivity contribution in [2.75, 3.05) is 13.2 Å². The number of ether oxygens (including phenoxy) is 1. The summed E-state index contributed by atoms with van der Waals surface area (Å²) < 4.78 is 5.47. The van der Waals surface area contributed by atoms with Crippen molar-refractivity contribution in [3.63, 3.8) is 0 Å². The van der Waals surface area contributed by atoms with Gasteiger partial charge in [-0.15, -0.1) is 0 Å². The van der Waals surface area contributed by atoms with E-state index >= 15 is 0 Å². The van der Waals surface area contributed by atoms with Crippen molar-refractivity contribution in [3.8, 4) is 0 Å². The average molecular weight is 1040 g/mol. The standard InChI is InChI=1S/C68H127NO5/c1-3-5-7-9-11-13-15-17-19-21-23-24-26-28-32-36-40-44-48-52-56-60-66(71)65(64-70)69-67(72)61-57-53-49-45-41-37-33-29-27-31-35-39-43-47-51-55-59-63-74-68(73)62-58-54-50-46-42-38-34-30-25-22-20-18-16-14-12-10-8-6-4-2/h12,14,18,20,27,31,39,43,65-66,70-71H,3-11,13,15-17,19,21-26,28-30,32-38,40-42,44-64H2,1-2H3,(H,69,72)/b14-12-,20-18-,31-27-,43-39-. The van der Waals surface area contributed by atoms with Gasteiger partial charge in [0.25, 0.3) is 0 Å². The van der Waals surface area contributed by atoms with Crippen molar-refractivity contribution in [1.82, 2.24) is 5.32 Å². The molecule has 6 heteroatoms. The minimum atomic E-state index is -0.677. The zero-order valence-electron chi connectivity index (χ0n) is 49.6. The highest BCUT2D eigenvalue weighted by Crippen LogP contribution is 2.18. The molecule has 0 saturated heterocycles. The van der Waals surface area contributed by atoms with Gasteiger partial charge in [-0.05, 0) is 96.3 Å². The molecule has 0 bridgehead atoms. The Bertz CT molecular complexity index is 1240. The second-order valence-corrected chi connectivity index (χ2v) is 22.4. The summed E-state index contributed by atoms with van der Waals surface area (Å²) in [6, 6.07) is -0.556. The van der Waals surface area contributed by atoms with Crippen molar-refractivity contribution in [3.05, 3.63) is 48.6 Å². The molecule has 0 aromatic rings. The third-order valence-electron chi connectivity index (χ3n) is 15.1. The van der Waals surface area contributed by atoms with Crippen molar-refractivity contribution in [1.29, 1.82) is 0 Å². The lowest BCUT2D eigenvalue weighted by Gasteiger charge is -2.22. The maximum Gasteiger partial charge on any atom is 0.305 e. The number of carbonyl (C=O) groups is 2. The maximum atomic E-state index is 12.5. The van der Waals surface area contributed by atoms with Crippen LogP contribution >= 0.6 is 0 Å². The molecule has 2 atom stereocenters. The predicted molar refractivity (Wildman–Crippen MR) is 324 cm³/mol. The van der Waals surface area contributed by atoms with Gasteiger partial charge in [-0.3, -0.25) is 9.59 Å². The Hall–Kier alpha value is -2.18. The summed E-state index contributed by atoms with van der Waals surface area (Å²) in [5, 5.41) is 23.4. The van der Waals surface area contributed by atoms with Gasteiger partial charge in [-0.2, -0.15) is 0 Å². The van der Waals surface area contributed by atoms with Crippen molar-refractivity contribution >= 4 is 11.9 Å². The van der Waals surface area contributed by atoms with Crippen LogP contribution in [0.2, 0.25) is 0 Å². The molecule has 0 radical (unpaired) electrons. The number of nitrogens with one attached hydrogen (secondary N) is 1. The van der Waals surface area contributed by atoms with Gasteiger partial charge in [0.15, 0.2) is 0 Å².